The summed E-state index contributed by atoms with van der Waals surface area (Å²) < 4.78 is 5.73. The molecular weight excluding hydrogens is 526 g/mol. The molecule has 12 heteroatoms. The highest BCUT2D eigenvalue weighted by molar-refractivity contribution is 5.97. The lowest BCUT2D eigenvalue weighted by atomic mass is 9.93. The molecule has 2 saturated heterocycles. The van der Waals surface area contributed by atoms with Gasteiger partial charge >= 0.3 is 0 Å². The largest absolute Gasteiger partial charge is 0.494 e. The van der Waals surface area contributed by atoms with Crippen molar-refractivity contribution in [2.45, 2.75) is 82.3 Å². The highest BCUT2D eigenvalue weighted by atomic mass is 16.5. The summed E-state index contributed by atoms with van der Waals surface area (Å²) in [5.41, 5.74) is 8.10. The van der Waals surface area contributed by atoms with Gasteiger partial charge in [0, 0.05) is 50.0 Å². The van der Waals surface area contributed by atoms with Crippen LogP contribution in [0.15, 0.2) is 18.2 Å². The summed E-state index contributed by atoms with van der Waals surface area (Å²) in [5.74, 6) is 0.800. The molecule has 5 rings (SSSR count). The third-order valence-electron chi connectivity index (χ3n) is 8.65. The van der Waals surface area contributed by atoms with E-state index < -0.39 is 18.1 Å². The van der Waals surface area contributed by atoms with E-state index in [2.05, 4.69) is 25.4 Å². The minimum Gasteiger partial charge on any atom is -0.494 e. The van der Waals surface area contributed by atoms with Crippen molar-refractivity contribution >= 4 is 28.9 Å². The molecule has 1 saturated carbocycles. The second-order valence-electron chi connectivity index (χ2n) is 11.4. The van der Waals surface area contributed by atoms with Gasteiger partial charge in [-0.25, -0.2) is 9.97 Å². The molecule has 2 aliphatic heterocycles. The summed E-state index contributed by atoms with van der Waals surface area (Å²) in [4.78, 5) is 26.2. The maximum atomic E-state index is 12.4. The molecule has 0 unspecified atom stereocenters. The van der Waals surface area contributed by atoms with E-state index in [9.17, 15) is 20.1 Å². The zero-order valence-corrected chi connectivity index (χ0v) is 23.9. The maximum absolute atomic E-state index is 12.4. The van der Waals surface area contributed by atoms with Crippen LogP contribution in [0, 0.1) is 0 Å². The van der Waals surface area contributed by atoms with Crippen molar-refractivity contribution in [2.24, 2.45) is 5.73 Å². The van der Waals surface area contributed by atoms with E-state index in [4.69, 9.17) is 15.5 Å². The molecule has 0 radical (unpaired) electrons. The van der Waals surface area contributed by atoms with Crippen LogP contribution in [0.5, 0.6) is 5.75 Å². The molecule has 3 aliphatic rings. The Morgan fingerprint density at radius 1 is 1.02 bits per heavy atom. The van der Waals surface area contributed by atoms with E-state index in [1.54, 1.807) is 7.11 Å². The Hall–Kier alpha value is -3.19. The zero-order valence-electron chi connectivity index (χ0n) is 23.9. The molecule has 2 atom stereocenters. The smallest absolute Gasteiger partial charge is 0.271 e. The Bertz CT molecular complexity index is 1200. The molecular formula is C29H43N7O5. The number of hydrogen-bond acceptors (Lipinski definition) is 11. The van der Waals surface area contributed by atoms with Crippen molar-refractivity contribution in [2.75, 3.05) is 48.8 Å². The number of aryl methyl sites for hydroxylation is 1. The number of nitrogens with zero attached hydrogens (tertiary/aromatic N) is 4. The van der Waals surface area contributed by atoms with Crippen molar-refractivity contribution in [3.63, 3.8) is 0 Å². The summed E-state index contributed by atoms with van der Waals surface area (Å²) in [6, 6.07) is 6.40. The number of ether oxygens (including phenoxy) is 1. The predicted octanol–water partition coefficient (Wildman–Crippen LogP) is 1.61. The molecule has 1 amide bonds. The fourth-order valence-electron chi connectivity index (χ4n) is 6.20. The summed E-state index contributed by atoms with van der Waals surface area (Å²) in [6.45, 7) is 4.71. The number of β-amino-alcohol motifs (C(OH)–C–C–N with tert-alkyl or cyclic N) is 2. The molecule has 1 aromatic heterocycles. The van der Waals surface area contributed by atoms with E-state index in [0.29, 0.717) is 48.5 Å². The van der Waals surface area contributed by atoms with Crippen LogP contribution in [0.4, 0.5) is 23.0 Å². The average molecular weight is 570 g/mol. The number of hydrogen-bond donors (Lipinski definition) is 6. The van der Waals surface area contributed by atoms with Gasteiger partial charge in [-0.3, -0.25) is 9.69 Å². The van der Waals surface area contributed by atoms with Crippen molar-refractivity contribution in [3.8, 4) is 5.75 Å². The van der Waals surface area contributed by atoms with Gasteiger partial charge in [-0.05, 0) is 57.1 Å². The lowest BCUT2D eigenvalue weighted by Crippen LogP contribution is -2.44. The van der Waals surface area contributed by atoms with Crippen LogP contribution in [0.25, 0.3) is 0 Å². The quantitative estimate of drug-likeness (QED) is 0.259. The minimum atomic E-state index is -0.668. The molecule has 7 N–H and O–H groups in total. The SMILES string of the molecule is CCc1nc(C(N)=O)c(Nc2ccc(N3CCC(N4C[C@@H](O)[C@H](O)C4)CC3)cc2OC)nc1NC1CCC(O)CC1. The molecule has 2 aromatic rings. The summed E-state index contributed by atoms with van der Waals surface area (Å²) in [7, 11) is 1.60. The van der Waals surface area contributed by atoms with Gasteiger partial charge in [-0.15, -0.1) is 0 Å². The van der Waals surface area contributed by atoms with Gasteiger partial charge in [0.25, 0.3) is 5.91 Å². The van der Waals surface area contributed by atoms with Gasteiger partial charge in [0.15, 0.2) is 11.5 Å². The number of amides is 1. The molecule has 224 valence electrons. The Morgan fingerprint density at radius 3 is 2.32 bits per heavy atom. The maximum Gasteiger partial charge on any atom is 0.271 e. The predicted molar refractivity (Wildman–Crippen MR) is 157 cm³/mol. The monoisotopic (exact) mass is 569 g/mol. The first-order valence-corrected chi connectivity index (χ1v) is 14.7. The number of carbonyl (C=O) groups excluding carboxylic acids is 1. The van der Waals surface area contributed by atoms with E-state index in [1.807, 2.05) is 25.1 Å². The second-order valence-corrected chi connectivity index (χ2v) is 11.4. The standard InChI is InChI=1S/C29H43N7O5/c1-3-21-28(31-17-4-7-20(37)8-5-17)34-29(26(32-21)27(30)40)33-22-9-6-19(14-25(22)41-2)35-12-10-18(11-13-35)36-15-23(38)24(39)16-36/h6,9,14,17-18,20,23-24,37-39H,3-5,7-8,10-13,15-16H2,1-2H3,(H2,30,40)(H2,31,33,34)/t17?,20?,23-,24-/m1/s1. The Labute approximate surface area is 240 Å². The third kappa shape index (κ3) is 6.66. The highest BCUT2D eigenvalue weighted by Crippen LogP contribution is 2.35. The van der Waals surface area contributed by atoms with Gasteiger partial charge in [-0.1, -0.05) is 6.92 Å². The zero-order chi connectivity index (χ0) is 29.1. The van der Waals surface area contributed by atoms with Gasteiger partial charge < -0.3 is 41.3 Å². The molecule has 41 heavy (non-hydrogen) atoms. The van der Waals surface area contributed by atoms with Crippen LogP contribution < -0.4 is 26.0 Å². The van der Waals surface area contributed by atoms with Crippen LogP contribution in [-0.2, 0) is 6.42 Å². The number of primary amides is 1. The molecule has 0 bridgehead atoms. The van der Waals surface area contributed by atoms with Gasteiger partial charge in [0.05, 0.1) is 36.8 Å². The van der Waals surface area contributed by atoms with Crippen molar-refractivity contribution in [3.05, 3.63) is 29.6 Å². The second kappa shape index (κ2) is 12.8. The fraction of sp³-hybridized carbons (Fsp3) is 0.621. The highest BCUT2D eigenvalue weighted by Gasteiger charge is 2.35. The van der Waals surface area contributed by atoms with Crippen LogP contribution in [0.3, 0.4) is 0 Å². The Balaban J connectivity index is 1.31. The van der Waals surface area contributed by atoms with Crippen molar-refractivity contribution in [1.29, 1.82) is 0 Å². The Kier molecular flexibility index (Phi) is 9.12. The number of carbonyl (C=O) groups is 1. The van der Waals surface area contributed by atoms with Crippen LogP contribution in [0.2, 0.25) is 0 Å². The number of aliphatic hydroxyl groups is 3. The lowest BCUT2D eigenvalue weighted by Gasteiger charge is -2.38. The van der Waals surface area contributed by atoms with Crippen molar-refractivity contribution in [1.82, 2.24) is 14.9 Å². The number of nitrogens with one attached hydrogen (secondary N) is 2. The van der Waals surface area contributed by atoms with Gasteiger partial charge in [-0.2, -0.15) is 0 Å². The van der Waals surface area contributed by atoms with E-state index >= 15 is 0 Å². The number of likely N-dealkylation sites (tertiary alicyclic amines) is 1. The van der Waals surface area contributed by atoms with E-state index in [-0.39, 0.29) is 23.7 Å². The number of benzene rings is 1. The first-order valence-electron chi connectivity index (χ1n) is 14.7. The molecule has 0 spiro atoms. The minimum absolute atomic E-state index is 0.0665. The average Bonchev–Trinajstić information content (AvgIpc) is 3.32. The van der Waals surface area contributed by atoms with Crippen LogP contribution in [-0.4, -0.2) is 99.8 Å². The lowest BCUT2D eigenvalue weighted by molar-refractivity contribution is 0.0572. The number of aromatic nitrogens is 2. The normalized spacial score (nSPS) is 25.7. The number of anilines is 4. The number of nitrogens with two attached hydrogens (primary N) is 1. The molecule has 1 aromatic carbocycles. The van der Waals surface area contributed by atoms with Crippen LogP contribution in [0.1, 0.15) is 61.6 Å². The number of piperidine rings is 1. The van der Waals surface area contributed by atoms with Crippen molar-refractivity contribution < 1.29 is 24.9 Å². The fourth-order valence-corrected chi connectivity index (χ4v) is 6.20. The van der Waals surface area contributed by atoms with Gasteiger partial charge in [0.1, 0.15) is 11.6 Å². The topological polar surface area (TPSA) is 169 Å². The number of rotatable bonds is 9. The first-order chi connectivity index (χ1) is 19.7. The van der Waals surface area contributed by atoms with E-state index in [1.165, 1.54) is 0 Å². The third-order valence-corrected chi connectivity index (χ3v) is 8.65. The summed E-state index contributed by atoms with van der Waals surface area (Å²) >= 11 is 0. The van der Waals surface area contributed by atoms with Crippen LogP contribution >= 0.6 is 0 Å². The number of methoxy groups -OCH3 is 1. The molecule has 3 fully saturated rings. The molecule has 12 nitrogen and oxygen atoms in total. The molecule has 1 aliphatic carbocycles. The van der Waals surface area contributed by atoms with E-state index in [0.717, 1.165) is 57.3 Å². The van der Waals surface area contributed by atoms with Gasteiger partial charge in [0.2, 0.25) is 0 Å². The summed E-state index contributed by atoms with van der Waals surface area (Å²) in [6.07, 6.45) is 4.03. The first kappa shape index (κ1) is 29.3. The Morgan fingerprint density at radius 2 is 1.71 bits per heavy atom. The molecule has 3 heterocycles. The number of aliphatic hydroxyl groups excluding tert-OH is 3. The summed E-state index contributed by atoms with van der Waals surface area (Å²) in [5, 5.41) is 36.4.